The average Bonchev–Trinajstić information content (AvgIpc) is 3.33. The molecule has 2 heterocycles. The van der Waals surface area contributed by atoms with E-state index in [-0.39, 0.29) is 11.7 Å². The summed E-state index contributed by atoms with van der Waals surface area (Å²) < 4.78 is 3.48. The number of carbonyl (C=O) groups excluding carboxylic acids is 1. The first kappa shape index (κ1) is 20.8. The van der Waals surface area contributed by atoms with Crippen molar-refractivity contribution in [1.29, 1.82) is 0 Å². The number of aromatic nitrogens is 6. The van der Waals surface area contributed by atoms with Gasteiger partial charge in [-0.25, -0.2) is 4.68 Å². The van der Waals surface area contributed by atoms with Gasteiger partial charge in [0.05, 0.1) is 34.2 Å². The lowest BCUT2D eigenvalue weighted by Gasteiger charge is -2.08. The first-order valence-electron chi connectivity index (χ1n) is 9.83. The molecule has 0 radical (unpaired) electrons. The molecular weight excluding hydrogens is 410 g/mol. The highest BCUT2D eigenvalue weighted by atomic mass is 32.2. The van der Waals surface area contributed by atoms with Gasteiger partial charge >= 0.3 is 0 Å². The summed E-state index contributed by atoms with van der Waals surface area (Å²) in [4.78, 5) is 12.7. The van der Waals surface area contributed by atoms with Crippen molar-refractivity contribution in [2.75, 3.05) is 11.1 Å². The second kappa shape index (κ2) is 8.73. The van der Waals surface area contributed by atoms with E-state index in [2.05, 4.69) is 25.9 Å². The maximum atomic E-state index is 12.7. The number of tetrazole rings is 1. The normalized spacial score (nSPS) is 11.0. The van der Waals surface area contributed by atoms with E-state index in [0.717, 1.165) is 34.0 Å². The Morgan fingerprint density at radius 3 is 2.48 bits per heavy atom. The smallest absolute Gasteiger partial charge is 0.234 e. The maximum Gasteiger partial charge on any atom is 0.234 e. The number of nitrogens with one attached hydrogen (secondary N) is 1. The first-order chi connectivity index (χ1) is 14.9. The summed E-state index contributed by atoms with van der Waals surface area (Å²) in [5.41, 5.74) is 6.48. The minimum absolute atomic E-state index is 0.140. The number of benzene rings is 2. The third-order valence-electron chi connectivity index (χ3n) is 4.85. The third kappa shape index (κ3) is 4.51. The largest absolute Gasteiger partial charge is 0.322 e. The lowest BCUT2D eigenvalue weighted by Crippen LogP contribution is -2.16. The summed E-state index contributed by atoms with van der Waals surface area (Å²) in [6.07, 6.45) is 0. The molecule has 0 spiro atoms. The number of amides is 1. The molecule has 4 rings (SSSR count). The summed E-state index contributed by atoms with van der Waals surface area (Å²) >= 11 is 1.29. The molecule has 9 heteroatoms. The Hall–Kier alpha value is -3.46. The van der Waals surface area contributed by atoms with Crippen LogP contribution >= 0.6 is 11.8 Å². The van der Waals surface area contributed by atoms with Gasteiger partial charge in [0.15, 0.2) is 0 Å². The van der Waals surface area contributed by atoms with Crippen LogP contribution in [0, 0.1) is 27.7 Å². The minimum atomic E-state index is -0.140. The molecule has 0 unspecified atom stereocenters. The van der Waals surface area contributed by atoms with Crippen molar-refractivity contribution in [2.24, 2.45) is 0 Å². The number of thioether (sulfide) groups is 1. The zero-order valence-electron chi connectivity index (χ0n) is 17.8. The minimum Gasteiger partial charge on any atom is -0.322 e. The Labute approximate surface area is 184 Å². The number of rotatable bonds is 6. The van der Waals surface area contributed by atoms with Gasteiger partial charge in [0, 0.05) is 0 Å². The quantitative estimate of drug-likeness (QED) is 0.465. The van der Waals surface area contributed by atoms with Crippen LogP contribution in [0.2, 0.25) is 0 Å². The highest BCUT2D eigenvalue weighted by Crippen LogP contribution is 2.24. The fourth-order valence-electron chi connectivity index (χ4n) is 3.26. The second-order valence-electron chi connectivity index (χ2n) is 7.34. The molecule has 0 saturated heterocycles. The molecule has 2 aromatic heterocycles. The van der Waals surface area contributed by atoms with Crippen LogP contribution in [-0.4, -0.2) is 41.6 Å². The van der Waals surface area contributed by atoms with E-state index >= 15 is 0 Å². The molecule has 0 atom stereocenters. The lowest BCUT2D eigenvalue weighted by molar-refractivity contribution is -0.113. The van der Waals surface area contributed by atoms with Crippen molar-refractivity contribution in [1.82, 2.24) is 30.0 Å². The van der Waals surface area contributed by atoms with Gasteiger partial charge in [0.1, 0.15) is 0 Å². The summed E-state index contributed by atoms with van der Waals surface area (Å²) in [6, 6.07) is 16.0. The second-order valence-corrected chi connectivity index (χ2v) is 8.28. The van der Waals surface area contributed by atoms with Crippen LogP contribution in [-0.2, 0) is 4.79 Å². The van der Waals surface area contributed by atoms with Gasteiger partial charge in [-0.1, -0.05) is 41.6 Å². The van der Waals surface area contributed by atoms with E-state index in [1.165, 1.54) is 17.3 Å². The number of carbonyl (C=O) groups is 1. The van der Waals surface area contributed by atoms with Crippen molar-refractivity contribution in [3.05, 3.63) is 71.0 Å². The van der Waals surface area contributed by atoms with E-state index in [4.69, 9.17) is 0 Å². The molecule has 2 aromatic carbocycles. The van der Waals surface area contributed by atoms with Crippen LogP contribution < -0.4 is 5.32 Å². The zero-order chi connectivity index (χ0) is 22.0. The molecule has 0 bridgehead atoms. The maximum absolute atomic E-state index is 12.7. The zero-order valence-corrected chi connectivity index (χ0v) is 18.6. The Balaban J connectivity index is 1.46. The number of hydrogen-bond donors (Lipinski definition) is 1. The summed E-state index contributed by atoms with van der Waals surface area (Å²) in [6.45, 7) is 7.89. The van der Waals surface area contributed by atoms with Crippen LogP contribution in [0.15, 0.2) is 53.7 Å². The van der Waals surface area contributed by atoms with E-state index in [9.17, 15) is 4.79 Å². The molecule has 158 valence electrons. The fraction of sp³-hybridized carbons (Fsp3) is 0.227. The molecule has 0 fully saturated rings. The number of hydrogen-bond acceptors (Lipinski definition) is 6. The molecule has 8 nitrogen and oxygen atoms in total. The van der Waals surface area contributed by atoms with E-state index in [0.29, 0.717) is 5.16 Å². The average molecular weight is 434 g/mol. The molecule has 1 amide bonds. The Bertz CT molecular complexity index is 1230. The van der Waals surface area contributed by atoms with E-state index in [1.54, 1.807) is 4.68 Å². The van der Waals surface area contributed by atoms with Crippen molar-refractivity contribution >= 4 is 23.4 Å². The van der Waals surface area contributed by atoms with Crippen LogP contribution in [0.25, 0.3) is 11.4 Å². The van der Waals surface area contributed by atoms with Gasteiger partial charge < -0.3 is 5.32 Å². The summed E-state index contributed by atoms with van der Waals surface area (Å²) in [5, 5.41) is 20.0. The van der Waals surface area contributed by atoms with Crippen LogP contribution in [0.5, 0.6) is 0 Å². The fourth-order valence-corrected chi connectivity index (χ4v) is 3.95. The van der Waals surface area contributed by atoms with Gasteiger partial charge in [-0.15, -0.1) is 5.10 Å². The standard InChI is InChI=1S/C22H23N7OS/c1-14-8-10-18(11-9-14)28-17(4)21(16(3)25-28)23-20(30)13-31-22-24-26-27-29(22)19-7-5-6-15(2)12-19/h5-12H,13H2,1-4H3,(H,23,30). The van der Waals surface area contributed by atoms with Gasteiger partial charge in [-0.2, -0.15) is 9.78 Å². The van der Waals surface area contributed by atoms with Crippen molar-refractivity contribution in [2.45, 2.75) is 32.9 Å². The van der Waals surface area contributed by atoms with Crippen molar-refractivity contribution < 1.29 is 4.79 Å². The number of aryl methyl sites for hydroxylation is 3. The molecule has 4 aromatic rings. The number of anilines is 1. The van der Waals surface area contributed by atoms with E-state index in [1.807, 2.05) is 80.9 Å². The molecular formula is C22H23N7OS. The molecule has 0 aliphatic rings. The van der Waals surface area contributed by atoms with Gasteiger partial charge in [0.2, 0.25) is 11.1 Å². The van der Waals surface area contributed by atoms with Crippen LogP contribution in [0.1, 0.15) is 22.5 Å². The third-order valence-corrected chi connectivity index (χ3v) is 5.77. The summed E-state index contributed by atoms with van der Waals surface area (Å²) in [5.74, 6) is 0.0410. The Morgan fingerprint density at radius 1 is 0.968 bits per heavy atom. The Morgan fingerprint density at radius 2 is 1.74 bits per heavy atom. The molecule has 0 aliphatic carbocycles. The molecule has 31 heavy (non-hydrogen) atoms. The lowest BCUT2D eigenvalue weighted by atomic mass is 10.2. The predicted octanol–water partition coefficient (Wildman–Crippen LogP) is 3.81. The topological polar surface area (TPSA) is 90.5 Å². The van der Waals surface area contributed by atoms with Gasteiger partial charge in [-0.05, 0) is 68.0 Å². The SMILES string of the molecule is Cc1ccc(-n2nc(C)c(NC(=O)CSc3nnnn3-c3cccc(C)c3)c2C)cc1. The van der Waals surface area contributed by atoms with Crippen LogP contribution in [0.3, 0.4) is 0 Å². The molecule has 1 N–H and O–H groups in total. The van der Waals surface area contributed by atoms with Gasteiger partial charge in [0.25, 0.3) is 0 Å². The predicted molar refractivity (Wildman–Crippen MR) is 121 cm³/mol. The number of nitrogens with zero attached hydrogens (tertiary/aromatic N) is 6. The Kier molecular flexibility index (Phi) is 5.85. The van der Waals surface area contributed by atoms with E-state index < -0.39 is 0 Å². The highest BCUT2D eigenvalue weighted by molar-refractivity contribution is 7.99. The van der Waals surface area contributed by atoms with Crippen LogP contribution in [0.4, 0.5) is 5.69 Å². The molecule has 0 saturated carbocycles. The molecule has 0 aliphatic heterocycles. The summed E-state index contributed by atoms with van der Waals surface area (Å²) in [7, 11) is 0. The first-order valence-corrected chi connectivity index (χ1v) is 10.8. The highest BCUT2D eigenvalue weighted by Gasteiger charge is 2.17. The van der Waals surface area contributed by atoms with Crippen molar-refractivity contribution in [3.63, 3.8) is 0 Å². The monoisotopic (exact) mass is 433 g/mol. The van der Waals surface area contributed by atoms with Crippen molar-refractivity contribution in [3.8, 4) is 11.4 Å². The van der Waals surface area contributed by atoms with Gasteiger partial charge in [-0.3, -0.25) is 4.79 Å².